The Kier molecular flexibility index (Phi) is 3.68. The topological polar surface area (TPSA) is 60.0 Å². The second-order valence-corrected chi connectivity index (χ2v) is 6.56. The number of nitrogens with two attached hydrogens (primary N) is 1. The highest BCUT2D eigenvalue weighted by Gasteiger charge is 2.44. The van der Waals surface area contributed by atoms with Gasteiger partial charge >= 0.3 is 0 Å². The Labute approximate surface area is 161 Å². The molecule has 6 heteroatoms. The number of benzene rings is 2. The second-order valence-electron chi connectivity index (χ2n) is 6.56. The zero-order chi connectivity index (χ0) is 19.1. The molecule has 0 amide bonds. The summed E-state index contributed by atoms with van der Waals surface area (Å²) >= 11 is 0. The molecule has 2 aliphatic heterocycles. The number of allylic oxidation sites excluding steroid dienone is 4. The number of hydrogen-bond donors (Lipinski definition) is 1. The van der Waals surface area contributed by atoms with Crippen LogP contribution in [0.4, 0.5) is 4.39 Å². The third kappa shape index (κ3) is 2.55. The zero-order valence-corrected chi connectivity index (χ0v) is 14.8. The molecule has 136 valence electrons. The third-order valence-corrected chi connectivity index (χ3v) is 4.78. The average Bonchev–Trinajstić information content (AvgIpc) is 2.96. The summed E-state index contributed by atoms with van der Waals surface area (Å²) in [6.07, 6.45) is 10.9. The van der Waals surface area contributed by atoms with Crippen LogP contribution in [0.2, 0.25) is 0 Å². The molecular formula is C22H16FN4O+. The number of rotatable bonds is 4. The van der Waals surface area contributed by atoms with Crippen LogP contribution in [0.25, 0.3) is 0 Å². The van der Waals surface area contributed by atoms with Gasteiger partial charge in [-0.1, -0.05) is 36.4 Å². The standard InChI is InChI=1S/C22H16FN4O/c23-18-13-16(9-10-20(18)28-17-7-2-1-3-8-17)22-26-21(15-5-4-6-15)19-14-25-11-12-27(19,22)24/h1-14H,24H2/q+1. The summed E-state index contributed by atoms with van der Waals surface area (Å²) in [5, 5.41) is 0. The molecule has 0 saturated carbocycles. The molecule has 0 radical (unpaired) electrons. The maximum Gasteiger partial charge on any atom is 0.265 e. The number of nitrogens with zero attached hydrogens (tertiary/aromatic N) is 3. The highest BCUT2D eigenvalue weighted by molar-refractivity contribution is 6.01. The molecular weight excluding hydrogens is 355 g/mol. The van der Waals surface area contributed by atoms with Crippen molar-refractivity contribution in [3.8, 4) is 11.5 Å². The summed E-state index contributed by atoms with van der Waals surface area (Å²) < 4.78 is 20.2. The van der Waals surface area contributed by atoms with Crippen LogP contribution in [0.1, 0.15) is 5.56 Å². The summed E-state index contributed by atoms with van der Waals surface area (Å²) in [6, 6.07) is 13.8. The lowest BCUT2D eigenvalue weighted by molar-refractivity contribution is -0.750. The number of halogens is 1. The van der Waals surface area contributed by atoms with Crippen LogP contribution in [0.3, 0.4) is 0 Å². The molecule has 1 atom stereocenters. The van der Waals surface area contributed by atoms with Crippen LogP contribution in [0.15, 0.2) is 106 Å². The lowest BCUT2D eigenvalue weighted by Gasteiger charge is -2.26. The largest absolute Gasteiger partial charge is 0.454 e. The van der Waals surface area contributed by atoms with E-state index in [2.05, 4.69) is 4.99 Å². The van der Waals surface area contributed by atoms with Crippen molar-refractivity contribution in [3.05, 3.63) is 108 Å². The molecule has 2 heterocycles. The SMILES string of the molecule is N[N+]12C=CN=CC1=C(C1=CC=C1)N=C2c1ccc(Oc2ccccc2)c(F)c1. The smallest absolute Gasteiger partial charge is 0.265 e. The van der Waals surface area contributed by atoms with Crippen LogP contribution in [0, 0.1) is 5.82 Å². The third-order valence-electron chi connectivity index (χ3n) is 4.78. The molecule has 5 nitrogen and oxygen atoms in total. The van der Waals surface area contributed by atoms with Gasteiger partial charge in [0, 0.05) is 5.57 Å². The van der Waals surface area contributed by atoms with E-state index in [1.807, 2.05) is 36.4 Å². The van der Waals surface area contributed by atoms with Crippen LogP contribution in [-0.4, -0.2) is 16.6 Å². The van der Waals surface area contributed by atoms with Gasteiger partial charge in [0.05, 0.1) is 18.0 Å². The van der Waals surface area contributed by atoms with Gasteiger partial charge < -0.3 is 4.74 Å². The van der Waals surface area contributed by atoms with E-state index < -0.39 is 5.82 Å². The number of amidine groups is 1. The molecule has 5 rings (SSSR count). The molecule has 0 fully saturated rings. The lowest BCUT2D eigenvalue weighted by atomic mass is 10.0. The van der Waals surface area contributed by atoms with Crippen molar-refractivity contribution in [3.63, 3.8) is 0 Å². The Balaban J connectivity index is 1.52. The highest BCUT2D eigenvalue weighted by Crippen LogP contribution is 2.37. The molecule has 2 aromatic rings. The predicted molar refractivity (Wildman–Crippen MR) is 106 cm³/mol. The summed E-state index contributed by atoms with van der Waals surface area (Å²) in [4.78, 5) is 8.91. The van der Waals surface area contributed by atoms with E-state index in [0.29, 0.717) is 17.1 Å². The number of para-hydroxylation sites is 1. The number of fused-ring (bicyclic) bond motifs is 1. The summed E-state index contributed by atoms with van der Waals surface area (Å²) in [5.41, 5.74) is 3.05. The molecule has 1 unspecified atom stereocenters. The molecule has 2 N–H and O–H groups in total. The van der Waals surface area contributed by atoms with Gasteiger partial charge in [-0.15, -0.1) is 4.59 Å². The monoisotopic (exact) mass is 371 g/mol. The average molecular weight is 371 g/mol. The van der Waals surface area contributed by atoms with E-state index in [1.165, 1.54) is 6.07 Å². The van der Waals surface area contributed by atoms with Crippen LogP contribution >= 0.6 is 0 Å². The molecule has 0 spiro atoms. The first-order chi connectivity index (χ1) is 13.6. The number of ether oxygens (including phenoxy) is 1. The second kappa shape index (κ2) is 6.23. The fourth-order valence-corrected chi connectivity index (χ4v) is 3.28. The first-order valence-corrected chi connectivity index (χ1v) is 8.79. The summed E-state index contributed by atoms with van der Waals surface area (Å²) in [7, 11) is 0. The molecule has 0 bridgehead atoms. The van der Waals surface area contributed by atoms with Gasteiger partial charge in [0.25, 0.3) is 5.84 Å². The van der Waals surface area contributed by atoms with Crippen LogP contribution in [0.5, 0.6) is 11.5 Å². The van der Waals surface area contributed by atoms with E-state index in [1.54, 1.807) is 42.9 Å². The molecule has 0 aromatic heterocycles. The maximum atomic E-state index is 14.8. The number of hydrogen-bond acceptors (Lipinski definition) is 4. The first-order valence-electron chi connectivity index (χ1n) is 8.79. The quantitative estimate of drug-likeness (QED) is 0.642. The van der Waals surface area contributed by atoms with Crippen molar-refractivity contribution in [2.24, 2.45) is 15.8 Å². The lowest BCUT2D eigenvalue weighted by Crippen LogP contribution is -2.53. The number of aliphatic imine (C=N–C) groups is 2. The summed E-state index contributed by atoms with van der Waals surface area (Å²) in [6.45, 7) is 0. The van der Waals surface area contributed by atoms with Crippen LogP contribution in [-0.2, 0) is 0 Å². The maximum absolute atomic E-state index is 14.8. The van der Waals surface area contributed by atoms with Crippen molar-refractivity contribution >= 4 is 12.1 Å². The predicted octanol–water partition coefficient (Wildman–Crippen LogP) is 4.33. The Hall–Kier alpha value is -3.61. The molecule has 2 aromatic carbocycles. The summed E-state index contributed by atoms with van der Waals surface area (Å²) in [5.74, 6) is 7.38. The van der Waals surface area contributed by atoms with Gasteiger partial charge in [-0.25, -0.2) is 4.39 Å². The number of quaternary nitrogens is 1. The fourth-order valence-electron chi connectivity index (χ4n) is 3.28. The Morgan fingerprint density at radius 1 is 1.07 bits per heavy atom. The van der Waals surface area contributed by atoms with Gasteiger partial charge in [-0.05, 0) is 30.3 Å². The minimum absolute atomic E-state index is 0.144. The van der Waals surface area contributed by atoms with Gasteiger partial charge in [-0.2, -0.15) is 10.8 Å². The van der Waals surface area contributed by atoms with Crippen LogP contribution < -0.4 is 10.6 Å². The molecule has 0 saturated heterocycles. The van der Waals surface area contributed by atoms with E-state index >= 15 is 0 Å². The van der Waals surface area contributed by atoms with E-state index in [0.717, 1.165) is 17.0 Å². The first kappa shape index (κ1) is 16.6. The van der Waals surface area contributed by atoms with Gasteiger partial charge in [0.15, 0.2) is 11.6 Å². The molecule has 3 aliphatic rings. The van der Waals surface area contributed by atoms with Gasteiger partial charge in [-0.3, -0.25) is 4.99 Å². The minimum Gasteiger partial charge on any atom is -0.454 e. The zero-order valence-electron chi connectivity index (χ0n) is 14.8. The van der Waals surface area contributed by atoms with Crippen molar-refractivity contribution in [1.82, 2.24) is 0 Å². The van der Waals surface area contributed by atoms with Gasteiger partial charge in [0.2, 0.25) is 5.70 Å². The van der Waals surface area contributed by atoms with E-state index in [9.17, 15) is 4.39 Å². The minimum atomic E-state index is -0.483. The van der Waals surface area contributed by atoms with E-state index in [4.69, 9.17) is 15.6 Å². The van der Waals surface area contributed by atoms with Crippen molar-refractivity contribution < 1.29 is 13.7 Å². The van der Waals surface area contributed by atoms with E-state index in [-0.39, 0.29) is 10.3 Å². The molecule has 1 aliphatic carbocycles. The van der Waals surface area contributed by atoms with Crippen molar-refractivity contribution in [2.75, 3.05) is 0 Å². The Bertz CT molecular complexity index is 1160. The normalized spacial score (nSPS) is 21.9. The van der Waals surface area contributed by atoms with Gasteiger partial charge in [0.1, 0.15) is 17.6 Å². The molecule has 28 heavy (non-hydrogen) atoms. The van der Waals surface area contributed by atoms with Crippen molar-refractivity contribution in [1.29, 1.82) is 0 Å². The Morgan fingerprint density at radius 3 is 2.61 bits per heavy atom. The highest BCUT2D eigenvalue weighted by atomic mass is 19.1. The Morgan fingerprint density at radius 2 is 1.89 bits per heavy atom. The van der Waals surface area contributed by atoms with Crippen molar-refractivity contribution in [2.45, 2.75) is 0 Å². The fraction of sp³-hybridized carbons (Fsp3) is 0.